The molecule has 1 unspecified atom stereocenters. The number of rotatable bonds is 9. The summed E-state index contributed by atoms with van der Waals surface area (Å²) in [7, 11) is 0. The average molecular weight is 621 g/mol. The van der Waals surface area contributed by atoms with Crippen LogP contribution >= 0.6 is 0 Å². The first-order valence-corrected chi connectivity index (χ1v) is 14.5. The van der Waals surface area contributed by atoms with Crippen LogP contribution < -0.4 is 25.7 Å². The van der Waals surface area contributed by atoms with Crippen molar-refractivity contribution in [1.82, 2.24) is 24.8 Å². The maximum absolute atomic E-state index is 13.5. The Balaban J connectivity index is 1.23. The summed E-state index contributed by atoms with van der Waals surface area (Å²) < 4.78 is 26.5. The molecule has 2 aromatic carbocycles. The van der Waals surface area contributed by atoms with E-state index in [1.165, 1.54) is 54.3 Å². The van der Waals surface area contributed by atoms with E-state index in [2.05, 4.69) is 25.6 Å². The molecule has 11 nitrogen and oxygen atoms in total. The minimum atomic E-state index is -0.665. The van der Waals surface area contributed by atoms with Crippen molar-refractivity contribution in [2.24, 2.45) is 0 Å². The molecule has 12 heteroatoms. The van der Waals surface area contributed by atoms with E-state index in [9.17, 15) is 18.8 Å². The number of carbonyl (C=O) groups excluding carboxylic acids is 2. The van der Waals surface area contributed by atoms with Crippen molar-refractivity contribution in [2.45, 2.75) is 26.2 Å². The van der Waals surface area contributed by atoms with Crippen LogP contribution in [0.3, 0.4) is 0 Å². The number of aromatic amines is 1. The van der Waals surface area contributed by atoms with Crippen molar-refractivity contribution in [3.8, 4) is 23.1 Å². The van der Waals surface area contributed by atoms with Crippen LogP contribution in [0.15, 0.2) is 102 Å². The lowest BCUT2D eigenvalue weighted by Gasteiger charge is -2.17. The smallest absolute Gasteiger partial charge is 0.271 e. The van der Waals surface area contributed by atoms with Crippen molar-refractivity contribution in [2.75, 3.05) is 11.9 Å². The fraction of sp³-hybridized carbons (Fsp3) is 0.147. The van der Waals surface area contributed by atoms with Crippen molar-refractivity contribution in [3.05, 3.63) is 125 Å². The summed E-state index contributed by atoms with van der Waals surface area (Å²) in [5.41, 5.74) is 2.25. The highest BCUT2D eigenvalue weighted by molar-refractivity contribution is 6.06. The number of pyridine rings is 1. The molecule has 0 fully saturated rings. The summed E-state index contributed by atoms with van der Waals surface area (Å²) >= 11 is 0. The molecule has 0 bridgehead atoms. The van der Waals surface area contributed by atoms with Gasteiger partial charge in [-0.25, -0.2) is 14.4 Å². The standard InChI is InChI=1S/C34H29FN6O5/c1-3-45-28-15-16-41(25-11-7-22(35)8-12-25)34(44)30(28)32(43)40-23-9-13-26(14-10-23)46-33-29-27(18-36-31(29)37-19-38-33)21-5-4-6-24(17-21)39-20(2)42/h4,6-19,21H,3,5H2,1-2H3,(H,39,42)(H,40,43)(H,36,37,38). The van der Waals surface area contributed by atoms with Gasteiger partial charge in [-0.2, -0.15) is 0 Å². The average Bonchev–Trinajstić information content (AvgIpc) is 3.48. The molecule has 0 saturated carbocycles. The van der Waals surface area contributed by atoms with Crippen LogP contribution in [-0.4, -0.2) is 37.9 Å². The Morgan fingerprint density at radius 1 is 1.07 bits per heavy atom. The fourth-order valence-electron chi connectivity index (χ4n) is 5.23. The van der Waals surface area contributed by atoms with Crippen LogP contribution in [0.5, 0.6) is 17.4 Å². The lowest BCUT2D eigenvalue weighted by Crippen LogP contribution is -2.29. The van der Waals surface area contributed by atoms with E-state index in [4.69, 9.17) is 9.47 Å². The number of benzene rings is 2. The van der Waals surface area contributed by atoms with Crippen LogP contribution in [0.1, 0.15) is 42.1 Å². The molecule has 0 saturated heterocycles. The highest BCUT2D eigenvalue weighted by Gasteiger charge is 2.22. The first kappa shape index (κ1) is 30.0. The maximum atomic E-state index is 13.5. The van der Waals surface area contributed by atoms with Gasteiger partial charge in [-0.1, -0.05) is 12.2 Å². The lowest BCUT2D eigenvalue weighted by atomic mass is 9.91. The number of anilines is 1. The number of ether oxygens (including phenoxy) is 2. The zero-order chi connectivity index (χ0) is 32.2. The summed E-state index contributed by atoms with van der Waals surface area (Å²) in [5.74, 6) is -0.374. The van der Waals surface area contributed by atoms with Crippen molar-refractivity contribution < 1.29 is 23.5 Å². The molecular weight excluding hydrogens is 591 g/mol. The number of allylic oxidation sites excluding steroid dienone is 3. The van der Waals surface area contributed by atoms with Gasteiger partial charge in [0.15, 0.2) is 0 Å². The molecule has 3 aromatic heterocycles. The van der Waals surface area contributed by atoms with E-state index in [-0.39, 0.29) is 29.7 Å². The molecule has 0 radical (unpaired) electrons. The van der Waals surface area contributed by atoms with Gasteiger partial charge in [0.1, 0.15) is 34.9 Å². The van der Waals surface area contributed by atoms with Crippen LogP contribution in [0.4, 0.5) is 10.1 Å². The van der Waals surface area contributed by atoms with Crippen LogP contribution in [0, 0.1) is 5.82 Å². The number of amides is 2. The van der Waals surface area contributed by atoms with Crippen molar-refractivity contribution in [3.63, 3.8) is 0 Å². The first-order chi connectivity index (χ1) is 22.3. The van der Waals surface area contributed by atoms with Gasteiger partial charge >= 0.3 is 0 Å². The summed E-state index contributed by atoms with van der Waals surface area (Å²) in [4.78, 5) is 50.3. The molecule has 232 valence electrons. The Bertz CT molecular complexity index is 2050. The zero-order valence-corrected chi connectivity index (χ0v) is 24.9. The molecule has 2 amide bonds. The Kier molecular flexibility index (Phi) is 8.42. The molecule has 5 aromatic rings. The highest BCUT2D eigenvalue weighted by atomic mass is 19.1. The first-order valence-electron chi connectivity index (χ1n) is 14.5. The van der Waals surface area contributed by atoms with E-state index >= 15 is 0 Å². The highest BCUT2D eigenvalue weighted by Crippen LogP contribution is 2.37. The summed E-state index contributed by atoms with van der Waals surface area (Å²) in [5, 5.41) is 6.29. The Hall–Kier alpha value is -6.04. The quantitative estimate of drug-likeness (QED) is 0.191. The summed E-state index contributed by atoms with van der Waals surface area (Å²) in [6, 6.07) is 13.5. The number of nitrogens with one attached hydrogen (secondary N) is 3. The SMILES string of the molecule is CCOc1ccn(-c2ccc(F)cc2)c(=O)c1C(=O)Nc1ccc(Oc2ncnc3[nH]cc(C4C=C(NC(C)=O)C=CC4)c23)cc1. The monoisotopic (exact) mass is 620 g/mol. The number of fused-ring (bicyclic) bond motifs is 1. The molecule has 3 N–H and O–H groups in total. The predicted molar refractivity (Wildman–Crippen MR) is 170 cm³/mol. The van der Waals surface area contributed by atoms with Gasteiger partial charge in [0, 0.05) is 42.3 Å². The fourth-order valence-corrected chi connectivity index (χ4v) is 5.23. The normalized spacial score (nSPS) is 14.1. The van der Waals surface area contributed by atoms with Gasteiger partial charge in [-0.05, 0) is 79.6 Å². The zero-order valence-electron chi connectivity index (χ0n) is 24.9. The minimum Gasteiger partial charge on any atom is -0.493 e. The third-order valence-electron chi connectivity index (χ3n) is 7.27. The van der Waals surface area contributed by atoms with Crippen LogP contribution in [0.25, 0.3) is 16.7 Å². The van der Waals surface area contributed by atoms with Crippen molar-refractivity contribution in [1.29, 1.82) is 0 Å². The van der Waals surface area contributed by atoms with E-state index in [0.717, 1.165) is 12.0 Å². The van der Waals surface area contributed by atoms with Crippen molar-refractivity contribution >= 4 is 28.5 Å². The molecule has 0 aliphatic heterocycles. The number of halogens is 1. The number of aromatic nitrogens is 4. The summed E-state index contributed by atoms with van der Waals surface area (Å²) in [6.07, 6.45) is 11.3. The third-order valence-corrected chi connectivity index (χ3v) is 7.27. The lowest BCUT2D eigenvalue weighted by molar-refractivity contribution is -0.118. The topological polar surface area (TPSA) is 140 Å². The molecular formula is C34H29FN6O5. The number of nitrogens with zero attached hydrogens (tertiary/aromatic N) is 3. The second-order valence-electron chi connectivity index (χ2n) is 10.4. The number of hydrogen-bond acceptors (Lipinski definition) is 7. The third kappa shape index (κ3) is 6.27. The second kappa shape index (κ2) is 12.9. The summed E-state index contributed by atoms with van der Waals surface area (Å²) in [6.45, 7) is 3.46. The molecule has 1 aliphatic carbocycles. The number of hydrogen-bond donors (Lipinski definition) is 3. The molecule has 6 rings (SSSR count). The van der Waals surface area contributed by atoms with Gasteiger partial charge in [0.2, 0.25) is 11.8 Å². The minimum absolute atomic E-state index is 0.0428. The molecule has 1 aliphatic rings. The van der Waals surface area contributed by atoms with Gasteiger partial charge in [-0.15, -0.1) is 0 Å². The largest absolute Gasteiger partial charge is 0.493 e. The predicted octanol–water partition coefficient (Wildman–Crippen LogP) is 5.75. The van der Waals surface area contributed by atoms with E-state index in [1.54, 1.807) is 31.2 Å². The van der Waals surface area contributed by atoms with Gasteiger partial charge in [0.25, 0.3) is 11.5 Å². The van der Waals surface area contributed by atoms with Gasteiger partial charge < -0.3 is 25.1 Å². The van der Waals surface area contributed by atoms with E-state index < -0.39 is 17.3 Å². The molecule has 3 heterocycles. The maximum Gasteiger partial charge on any atom is 0.271 e. The number of H-pyrrole nitrogens is 1. The van der Waals surface area contributed by atoms with Crippen LogP contribution in [0.2, 0.25) is 0 Å². The molecule has 1 atom stereocenters. The van der Waals surface area contributed by atoms with Gasteiger partial charge in [-0.3, -0.25) is 19.0 Å². The van der Waals surface area contributed by atoms with Crippen LogP contribution in [-0.2, 0) is 4.79 Å². The molecule has 46 heavy (non-hydrogen) atoms. The van der Waals surface area contributed by atoms with E-state index in [0.29, 0.717) is 39.7 Å². The second-order valence-corrected chi connectivity index (χ2v) is 10.4. The van der Waals surface area contributed by atoms with E-state index in [1.807, 2.05) is 24.4 Å². The van der Waals surface area contributed by atoms with Gasteiger partial charge in [0.05, 0.1) is 12.0 Å². The molecule has 0 spiro atoms. The number of carbonyl (C=O) groups is 2. The Morgan fingerprint density at radius 3 is 2.59 bits per heavy atom. The Morgan fingerprint density at radius 2 is 1.85 bits per heavy atom. The Labute approximate surface area is 262 Å².